The maximum atomic E-state index is 12.1. The van der Waals surface area contributed by atoms with E-state index in [9.17, 15) is 9.90 Å². The van der Waals surface area contributed by atoms with E-state index < -0.39 is 6.10 Å². The molecule has 1 aromatic rings. The second kappa shape index (κ2) is 9.35. The van der Waals surface area contributed by atoms with Crippen LogP contribution in [0.1, 0.15) is 50.0 Å². The third-order valence-corrected chi connectivity index (χ3v) is 5.03. The first-order valence-corrected chi connectivity index (χ1v) is 10.3. The summed E-state index contributed by atoms with van der Waals surface area (Å²) in [5, 5.41) is 13.1. The lowest BCUT2D eigenvalue weighted by Crippen LogP contribution is -2.49. The maximum absolute atomic E-state index is 12.1. The zero-order valence-corrected chi connectivity index (χ0v) is 17.3. The van der Waals surface area contributed by atoms with Crippen molar-refractivity contribution in [2.75, 3.05) is 45.9 Å². The van der Waals surface area contributed by atoms with Gasteiger partial charge in [-0.2, -0.15) is 0 Å². The van der Waals surface area contributed by atoms with Crippen LogP contribution < -0.4 is 5.32 Å². The van der Waals surface area contributed by atoms with E-state index in [0.29, 0.717) is 37.2 Å². The number of oxazole rings is 1. The van der Waals surface area contributed by atoms with Crippen LogP contribution in [0.4, 0.5) is 0 Å². The molecule has 0 bridgehead atoms. The number of carbonyl (C=O) groups is 1. The molecule has 0 radical (unpaired) electrons. The summed E-state index contributed by atoms with van der Waals surface area (Å²) in [5.74, 6) is 1.06. The number of hydrogen-bond acceptors (Lipinski definition) is 7. The number of carbonyl (C=O) groups excluding carboxylic acids is 1. The fraction of sp³-hybridized carbons (Fsp3) is 0.800. The van der Waals surface area contributed by atoms with Gasteiger partial charge in [-0.05, 0) is 39.5 Å². The molecule has 158 valence electrons. The monoisotopic (exact) mass is 394 g/mol. The Kier molecular flexibility index (Phi) is 7.09. The Labute approximate surface area is 167 Å². The molecule has 2 heterocycles. The molecule has 3 rings (SSSR count). The highest BCUT2D eigenvalue weighted by atomic mass is 16.5. The zero-order chi connectivity index (χ0) is 20.1. The molecule has 2 N–H and O–H groups in total. The molecule has 1 saturated heterocycles. The lowest BCUT2D eigenvalue weighted by molar-refractivity contribution is -0.0588. The van der Waals surface area contributed by atoms with Crippen LogP contribution in [0, 0.1) is 5.92 Å². The summed E-state index contributed by atoms with van der Waals surface area (Å²) in [7, 11) is 0. The van der Waals surface area contributed by atoms with Gasteiger partial charge in [-0.1, -0.05) is 0 Å². The summed E-state index contributed by atoms with van der Waals surface area (Å²) in [6.45, 7) is 11.8. The Bertz CT molecular complexity index is 630. The van der Waals surface area contributed by atoms with Crippen LogP contribution in [0.2, 0.25) is 0 Å². The topological polar surface area (TPSA) is 91.1 Å². The summed E-state index contributed by atoms with van der Waals surface area (Å²) in [6, 6.07) is 0. The molecule has 1 aromatic heterocycles. The van der Waals surface area contributed by atoms with Gasteiger partial charge in [0, 0.05) is 39.3 Å². The maximum Gasteiger partial charge on any atom is 0.273 e. The highest BCUT2D eigenvalue weighted by Gasteiger charge is 2.24. The average molecular weight is 395 g/mol. The number of rotatable bonds is 9. The normalized spacial score (nSPS) is 20.3. The first kappa shape index (κ1) is 21.2. The number of ether oxygens (including phenoxy) is 1. The van der Waals surface area contributed by atoms with E-state index in [4.69, 9.17) is 9.15 Å². The minimum absolute atomic E-state index is 0.154. The zero-order valence-electron chi connectivity index (χ0n) is 17.3. The molecule has 1 atom stereocenters. The lowest BCUT2D eigenvalue weighted by Gasteiger charge is -2.35. The molecular weight excluding hydrogens is 360 g/mol. The Morgan fingerprint density at radius 2 is 2.00 bits per heavy atom. The first-order chi connectivity index (χ1) is 13.3. The molecule has 8 heteroatoms. The van der Waals surface area contributed by atoms with Crippen LogP contribution in [0.3, 0.4) is 0 Å². The SMILES string of the molecule is CC(C)(C)OCC(O)CN1CCN(Cc2nc(C(=O)NCC3CC3)co2)CC1. The van der Waals surface area contributed by atoms with E-state index in [-0.39, 0.29) is 11.5 Å². The van der Waals surface area contributed by atoms with Gasteiger partial charge < -0.3 is 19.6 Å². The van der Waals surface area contributed by atoms with Crippen molar-refractivity contribution in [3.63, 3.8) is 0 Å². The van der Waals surface area contributed by atoms with Crippen molar-refractivity contribution in [1.29, 1.82) is 0 Å². The highest BCUT2D eigenvalue weighted by molar-refractivity contribution is 5.91. The molecule has 1 amide bonds. The van der Waals surface area contributed by atoms with Crippen LogP contribution in [0.25, 0.3) is 0 Å². The summed E-state index contributed by atoms with van der Waals surface area (Å²) >= 11 is 0. The van der Waals surface area contributed by atoms with Crippen molar-refractivity contribution in [2.45, 2.75) is 51.9 Å². The van der Waals surface area contributed by atoms with E-state index in [1.807, 2.05) is 20.8 Å². The van der Waals surface area contributed by atoms with Crippen molar-refractivity contribution in [1.82, 2.24) is 20.1 Å². The minimum Gasteiger partial charge on any atom is -0.447 e. The van der Waals surface area contributed by atoms with Crippen molar-refractivity contribution >= 4 is 5.91 Å². The summed E-state index contributed by atoms with van der Waals surface area (Å²) < 4.78 is 11.1. The van der Waals surface area contributed by atoms with E-state index in [2.05, 4.69) is 20.1 Å². The van der Waals surface area contributed by atoms with E-state index in [0.717, 1.165) is 32.7 Å². The quantitative estimate of drug-likeness (QED) is 0.648. The van der Waals surface area contributed by atoms with Gasteiger partial charge in [0.05, 0.1) is 24.9 Å². The Morgan fingerprint density at radius 3 is 2.64 bits per heavy atom. The molecular formula is C20H34N4O4. The Morgan fingerprint density at radius 1 is 1.32 bits per heavy atom. The molecule has 1 unspecified atom stereocenters. The second-order valence-corrected chi connectivity index (χ2v) is 8.93. The predicted molar refractivity (Wildman–Crippen MR) is 105 cm³/mol. The number of β-amino-alcohol motifs (C(OH)–C–C–N with tert-alkyl or cyclic N) is 1. The van der Waals surface area contributed by atoms with E-state index >= 15 is 0 Å². The average Bonchev–Trinajstić information content (AvgIpc) is 3.36. The number of aliphatic hydroxyl groups is 1. The van der Waals surface area contributed by atoms with Gasteiger partial charge in [0.1, 0.15) is 6.26 Å². The van der Waals surface area contributed by atoms with Crippen molar-refractivity contribution < 1.29 is 19.1 Å². The van der Waals surface area contributed by atoms with Gasteiger partial charge in [0.25, 0.3) is 5.91 Å². The van der Waals surface area contributed by atoms with Crippen LogP contribution in [-0.2, 0) is 11.3 Å². The number of amides is 1. The molecule has 2 fully saturated rings. The summed E-state index contributed by atoms with van der Waals surface area (Å²) in [5.41, 5.74) is 0.125. The van der Waals surface area contributed by atoms with Crippen molar-refractivity contribution in [3.05, 3.63) is 17.8 Å². The standard InChI is InChI=1S/C20H34N4O4/c1-20(2,3)28-13-16(25)11-23-6-8-24(9-7-23)12-18-22-17(14-27-18)19(26)21-10-15-4-5-15/h14-16,25H,4-13H2,1-3H3,(H,21,26). The summed E-state index contributed by atoms with van der Waals surface area (Å²) in [6.07, 6.45) is 3.38. The molecule has 1 aliphatic heterocycles. The minimum atomic E-state index is -0.478. The third kappa shape index (κ3) is 7.16. The van der Waals surface area contributed by atoms with E-state index in [1.54, 1.807) is 0 Å². The molecule has 0 aromatic carbocycles. The molecule has 1 aliphatic carbocycles. The van der Waals surface area contributed by atoms with Gasteiger partial charge >= 0.3 is 0 Å². The number of nitrogens with zero attached hydrogens (tertiary/aromatic N) is 3. The molecule has 2 aliphatic rings. The van der Waals surface area contributed by atoms with Crippen LogP contribution in [-0.4, -0.2) is 83.4 Å². The fourth-order valence-electron chi connectivity index (χ4n) is 3.16. The van der Waals surface area contributed by atoms with Crippen LogP contribution in [0.15, 0.2) is 10.7 Å². The van der Waals surface area contributed by atoms with Gasteiger partial charge in [-0.15, -0.1) is 0 Å². The third-order valence-electron chi connectivity index (χ3n) is 5.03. The smallest absolute Gasteiger partial charge is 0.273 e. The second-order valence-electron chi connectivity index (χ2n) is 8.93. The number of hydrogen-bond donors (Lipinski definition) is 2. The van der Waals surface area contributed by atoms with Gasteiger partial charge in [-0.25, -0.2) is 4.98 Å². The summed E-state index contributed by atoms with van der Waals surface area (Å²) in [4.78, 5) is 20.9. The first-order valence-electron chi connectivity index (χ1n) is 10.3. The molecule has 28 heavy (non-hydrogen) atoms. The highest BCUT2D eigenvalue weighted by Crippen LogP contribution is 2.27. The van der Waals surface area contributed by atoms with Gasteiger partial charge in [-0.3, -0.25) is 14.6 Å². The number of aliphatic hydroxyl groups excluding tert-OH is 1. The lowest BCUT2D eigenvalue weighted by atomic mass is 10.2. The fourth-order valence-corrected chi connectivity index (χ4v) is 3.16. The van der Waals surface area contributed by atoms with Gasteiger partial charge in [0.2, 0.25) is 5.89 Å². The van der Waals surface area contributed by atoms with Crippen molar-refractivity contribution in [3.8, 4) is 0 Å². The molecule has 0 spiro atoms. The van der Waals surface area contributed by atoms with Crippen LogP contribution >= 0.6 is 0 Å². The van der Waals surface area contributed by atoms with E-state index in [1.165, 1.54) is 19.1 Å². The number of piperazine rings is 1. The molecule has 1 saturated carbocycles. The van der Waals surface area contributed by atoms with Crippen molar-refractivity contribution in [2.24, 2.45) is 5.92 Å². The predicted octanol–water partition coefficient (Wildman–Crippen LogP) is 1.11. The Balaban J connectivity index is 1.35. The number of nitrogens with one attached hydrogen (secondary N) is 1. The number of aromatic nitrogens is 1. The Hall–Kier alpha value is -1.48. The van der Waals surface area contributed by atoms with Gasteiger partial charge in [0.15, 0.2) is 5.69 Å². The molecule has 8 nitrogen and oxygen atoms in total. The largest absolute Gasteiger partial charge is 0.447 e. The van der Waals surface area contributed by atoms with Crippen LogP contribution in [0.5, 0.6) is 0 Å².